The van der Waals surface area contributed by atoms with Crippen molar-refractivity contribution >= 4 is 17.3 Å². The molecule has 2 aromatic rings. The number of Topliss-reactive ketones (excluding diaryl/α,β-unsaturated/α-hetero) is 2. The quantitative estimate of drug-likeness (QED) is 0.654. The maximum Gasteiger partial charge on any atom is 0.234 e. The summed E-state index contributed by atoms with van der Waals surface area (Å²) in [7, 11) is 0. The van der Waals surface area contributed by atoms with E-state index in [0.717, 1.165) is 19.3 Å². The van der Waals surface area contributed by atoms with E-state index in [9.17, 15) is 14.7 Å². The fourth-order valence-corrected chi connectivity index (χ4v) is 3.03. The second-order valence-corrected chi connectivity index (χ2v) is 6.22. The van der Waals surface area contributed by atoms with Crippen molar-refractivity contribution in [2.24, 2.45) is 0 Å². The van der Waals surface area contributed by atoms with Crippen molar-refractivity contribution < 1.29 is 14.7 Å². The third-order valence-corrected chi connectivity index (χ3v) is 4.46. The number of allylic oxidation sites excluding steroid dienone is 1. The Labute approximate surface area is 141 Å². The van der Waals surface area contributed by atoms with E-state index in [1.165, 1.54) is 11.1 Å². The van der Waals surface area contributed by atoms with Crippen LogP contribution in [0.15, 0.2) is 54.1 Å². The lowest BCUT2D eigenvalue weighted by molar-refractivity contribution is -0.112. The number of hydrogen-bond donors (Lipinski definition) is 1. The summed E-state index contributed by atoms with van der Waals surface area (Å²) in [6, 6.07) is 15.1. The summed E-state index contributed by atoms with van der Waals surface area (Å²) in [4.78, 5) is 24.4. The summed E-state index contributed by atoms with van der Waals surface area (Å²) >= 11 is 0. The molecule has 0 unspecified atom stereocenters. The molecule has 0 bridgehead atoms. The number of fused-ring (bicyclic) bond motifs is 1. The standard InChI is InChI=1S/C21H20O3/c1-14-10-12-15(13-11-14)6-2-3-9-18-19(22)16-7-4-5-8-17(16)20(23)21(18)24/h4-5,7-8,10-13,22H,2-3,6,9H2,1H3. The molecular weight excluding hydrogens is 300 g/mol. The van der Waals surface area contributed by atoms with Crippen molar-refractivity contribution in [2.75, 3.05) is 0 Å². The van der Waals surface area contributed by atoms with Crippen molar-refractivity contribution in [3.8, 4) is 0 Å². The first kappa shape index (κ1) is 16.2. The maximum absolute atomic E-state index is 12.2. The van der Waals surface area contributed by atoms with Crippen molar-refractivity contribution in [3.63, 3.8) is 0 Å². The Hall–Kier alpha value is -2.68. The van der Waals surface area contributed by atoms with Crippen LogP contribution < -0.4 is 0 Å². The summed E-state index contributed by atoms with van der Waals surface area (Å²) in [5.41, 5.74) is 3.51. The number of unbranched alkanes of at least 4 members (excludes halogenated alkanes) is 1. The lowest BCUT2D eigenvalue weighted by atomic mass is 9.86. The van der Waals surface area contributed by atoms with Gasteiger partial charge in [0.1, 0.15) is 5.76 Å². The van der Waals surface area contributed by atoms with Gasteiger partial charge in [0.2, 0.25) is 11.6 Å². The fraction of sp³-hybridized carbons (Fsp3) is 0.238. The molecule has 0 radical (unpaired) electrons. The second-order valence-electron chi connectivity index (χ2n) is 6.22. The van der Waals surface area contributed by atoms with Crippen LogP contribution in [0.1, 0.15) is 46.3 Å². The first-order valence-electron chi connectivity index (χ1n) is 8.24. The molecule has 0 aliphatic heterocycles. The molecule has 0 spiro atoms. The highest BCUT2D eigenvalue weighted by Crippen LogP contribution is 2.30. The van der Waals surface area contributed by atoms with E-state index < -0.39 is 11.6 Å². The van der Waals surface area contributed by atoms with Gasteiger partial charge in [-0.1, -0.05) is 54.1 Å². The topological polar surface area (TPSA) is 54.4 Å². The third-order valence-electron chi connectivity index (χ3n) is 4.46. The number of benzene rings is 2. The Kier molecular flexibility index (Phi) is 4.61. The van der Waals surface area contributed by atoms with Crippen LogP contribution in [0, 0.1) is 6.92 Å². The molecule has 3 heteroatoms. The first-order chi connectivity index (χ1) is 11.6. The minimum Gasteiger partial charge on any atom is -0.507 e. The molecule has 24 heavy (non-hydrogen) atoms. The van der Waals surface area contributed by atoms with Crippen LogP contribution in [0.2, 0.25) is 0 Å². The Morgan fingerprint density at radius 3 is 2.12 bits per heavy atom. The van der Waals surface area contributed by atoms with E-state index in [-0.39, 0.29) is 11.3 Å². The fourth-order valence-electron chi connectivity index (χ4n) is 3.03. The van der Waals surface area contributed by atoms with Gasteiger partial charge in [0.15, 0.2) is 0 Å². The normalized spacial score (nSPS) is 14.0. The molecule has 3 nitrogen and oxygen atoms in total. The highest BCUT2D eigenvalue weighted by atomic mass is 16.3. The zero-order chi connectivity index (χ0) is 17.1. The molecule has 1 aliphatic carbocycles. The van der Waals surface area contributed by atoms with Crippen LogP contribution in [0.4, 0.5) is 0 Å². The highest BCUT2D eigenvalue weighted by Gasteiger charge is 2.31. The molecule has 3 rings (SSSR count). The molecule has 0 fully saturated rings. The SMILES string of the molecule is Cc1ccc(CCCCC2=C(O)c3ccccc3C(=O)C2=O)cc1. The lowest BCUT2D eigenvalue weighted by Gasteiger charge is -2.17. The predicted octanol–water partition coefficient (Wildman–Crippen LogP) is 4.44. The first-order valence-corrected chi connectivity index (χ1v) is 8.24. The van der Waals surface area contributed by atoms with E-state index in [1.807, 2.05) is 0 Å². The average molecular weight is 320 g/mol. The molecule has 2 aromatic carbocycles. The molecule has 0 saturated carbocycles. The van der Waals surface area contributed by atoms with E-state index in [4.69, 9.17) is 0 Å². The Morgan fingerprint density at radius 2 is 1.42 bits per heavy atom. The Morgan fingerprint density at radius 1 is 0.792 bits per heavy atom. The summed E-state index contributed by atoms with van der Waals surface area (Å²) in [5.74, 6) is -1.12. The summed E-state index contributed by atoms with van der Waals surface area (Å²) in [5, 5.41) is 10.4. The Balaban J connectivity index is 1.67. The van der Waals surface area contributed by atoms with Crippen LogP contribution in [0.25, 0.3) is 5.76 Å². The zero-order valence-electron chi connectivity index (χ0n) is 13.7. The predicted molar refractivity (Wildman–Crippen MR) is 94.1 cm³/mol. The van der Waals surface area contributed by atoms with E-state index >= 15 is 0 Å². The maximum atomic E-state index is 12.2. The van der Waals surface area contributed by atoms with Gasteiger partial charge in [0.05, 0.1) is 0 Å². The highest BCUT2D eigenvalue weighted by molar-refractivity contribution is 6.52. The third kappa shape index (κ3) is 3.16. The van der Waals surface area contributed by atoms with Crippen molar-refractivity contribution in [3.05, 3.63) is 76.4 Å². The number of aryl methyl sites for hydroxylation is 2. The van der Waals surface area contributed by atoms with Gasteiger partial charge in [-0.15, -0.1) is 0 Å². The number of aliphatic hydroxyl groups excluding tert-OH is 1. The molecule has 0 heterocycles. The summed E-state index contributed by atoms with van der Waals surface area (Å²) < 4.78 is 0. The molecule has 0 amide bonds. The molecule has 1 aliphatic rings. The smallest absolute Gasteiger partial charge is 0.234 e. The van der Waals surface area contributed by atoms with E-state index in [0.29, 0.717) is 17.5 Å². The monoisotopic (exact) mass is 320 g/mol. The largest absolute Gasteiger partial charge is 0.507 e. The number of carbonyl (C=O) groups excluding carboxylic acids is 2. The number of hydrogen-bond acceptors (Lipinski definition) is 3. The van der Waals surface area contributed by atoms with Gasteiger partial charge in [0, 0.05) is 16.7 Å². The lowest BCUT2D eigenvalue weighted by Crippen LogP contribution is -2.24. The van der Waals surface area contributed by atoms with Crippen molar-refractivity contribution in [1.82, 2.24) is 0 Å². The number of carbonyl (C=O) groups is 2. The van der Waals surface area contributed by atoms with Crippen LogP contribution in [0.3, 0.4) is 0 Å². The minimum atomic E-state index is -0.568. The summed E-state index contributed by atoms with van der Waals surface area (Å²) in [6.45, 7) is 2.06. The van der Waals surface area contributed by atoms with E-state index in [2.05, 4.69) is 31.2 Å². The summed E-state index contributed by atoms with van der Waals surface area (Å²) in [6.07, 6.45) is 3.01. The number of rotatable bonds is 5. The molecule has 1 N–H and O–H groups in total. The van der Waals surface area contributed by atoms with Gasteiger partial charge in [-0.25, -0.2) is 0 Å². The number of ketones is 2. The van der Waals surface area contributed by atoms with Crippen LogP contribution >= 0.6 is 0 Å². The van der Waals surface area contributed by atoms with Gasteiger partial charge < -0.3 is 5.11 Å². The number of aliphatic hydroxyl groups is 1. The average Bonchev–Trinajstić information content (AvgIpc) is 2.60. The Bertz CT molecular complexity index is 813. The molecule has 0 saturated heterocycles. The second kappa shape index (κ2) is 6.83. The van der Waals surface area contributed by atoms with Crippen LogP contribution in [-0.2, 0) is 11.2 Å². The molecule has 122 valence electrons. The minimum absolute atomic E-state index is 0.0365. The zero-order valence-corrected chi connectivity index (χ0v) is 13.7. The van der Waals surface area contributed by atoms with Gasteiger partial charge in [0.25, 0.3) is 0 Å². The molecule has 0 aromatic heterocycles. The van der Waals surface area contributed by atoms with Crippen molar-refractivity contribution in [2.45, 2.75) is 32.6 Å². The van der Waals surface area contributed by atoms with Gasteiger partial charge in [-0.3, -0.25) is 9.59 Å². The van der Waals surface area contributed by atoms with Gasteiger partial charge in [-0.2, -0.15) is 0 Å². The van der Waals surface area contributed by atoms with Crippen molar-refractivity contribution in [1.29, 1.82) is 0 Å². The van der Waals surface area contributed by atoms with Crippen LogP contribution in [-0.4, -0.2) is 16.7 Å². The van der Waals surface area contributed by atoms with Crippen LogP contribution in [0.5, 0.6) is 0 Å². The van der Waals surface area contributed by atoms with Gasteiger partial charge in [-0.05, 0) is 38.2 Å². The molecule has 0 atom stereocenters. The van der Waals surface area contributed by atoms with E-state index in [1.54, 1.807) is 24.3 Å². The van der Waals surface area contributed by atoms with Gasteiger partial charge >= 0.3 is 0 Å². The molecular formula is C21H20O3.